The molecular formula is C23H30N6O6. The van der Waals surface area contributed by atoms with E-state index in [-0.39, 0.29) is 17.4 Å². The summed E-state index contributed by atoms with van der Waals surface area (Å²) in [5, 5.41) is 14.4. The minimum absolute atomic E-state index is 0.244. The van der Waals surface area contributed by atoms with Crippen LogP contribution in [0.4, 0.5) is 10.5 Å². The average molecular weight is 487 g/mol. The number of amides is 1. The van der Waals surface area contributed by atoms with Crippen LogP contribution in [0.15, 0.2) is 10.9 Å². The summed E-state index contributed by atoms with van der Waals surface area (Å²) in [5.41, 5.74) is 1.05. The molecule has 0 saturated carbocycles. The standard InChI is InChI=1S/C23H30N6O6/c1-23(2,3)35-22(33)27-10-8-26(9-11-27)17-15-4-5-16(20(31)32)28(15)21-24-18(25-29(21)19(17)30)14-6-12-34-13-7-14/h6,16H,4-5,7-13H2,1-3H3,(H,31,32). The van der Waals surface area contributed by atoms with E-state index in [1.807, 2.05) is 31.7 Å². The first-order valence-electron chi connectivity index (χ1n) is 11.9. The first kappa shape index (κ1) is 23.3. The van der Waals surface area contributed by atoms with Gasteiger partial charge in [-0.1, -0.05) is 6.08 Å². The number of aromatic nitrogens is 4. The number of ether oxygens (including phenoxy) is 2. The summed E-state index contributed by atoms with van der Waals surface area (Å²) < 4.78 is 13.7. The highest BCUT2D eigenvalue weighted by Crippen LogP contribution is 2.33. The highest BCUT2D eigenvalue weighted by molar-refractivity contribution is 5.75. The molecule has 0 radical (unpaired) electrons. The van der Waals surface area contributed by atoms with E-state index in [4.69, 9.17) is 9.47 Å². The van der Waals surface area contributed by atoms with E-state index in [0.29, 0.717) is 75.9 Å². The summed E-state index contributed by atoms with van der Waals surface area (Å²) in [4.78, 5) is 46.4. The Labute approximate surface area is 201 Å². The summed E-state index contributed by atoms with van der Waals surface area (Å²) in [6.07, 6.45) is 2.95. The molecule has 1 fully saturated rings. The van der Waals surface area contributed by atoms with E-state index in [2.05, 4.69) is 10.1 Å². The van der Waals surface area contributed by atoms with Crippen molar-refractivity contribution < 1.29 is 24.2 Å². The second-order valence-corrected chi connectivity index (χ2v) is 10.0. The third kappa shape index (κ3) is 4.26. The predicted octanol–water partition coefficient (Wildman–Crippen LogP) is 1.32. The molecule has 1 N–H and O–H groups in total. The van der Waals surface area contributed by atoms with Crippen LogP contribution in [0.2, 0.25) is 0 Å². The Morgan fingerprint density at radius 2 is 1.91 bits per heavy atom. The lowest BCUT2D eigenvalue weighted by molar-refractivity contribution is -0.140. The van der Waals surface area contributed by atoms with Gasteiger partial charge in [0.1, 0.15) is 17.3 Å². The fourth-order valence-electron chi connectivity index (χ4n) is 4.88. The van der Waals surface area contributed by atoms with Gasteiger partial charge in [-0.15, -0.1) is 5.10 Å². The number of carbonyl (C=O) groups excluding carboxylic acids is 1. The van der Waals surface area contributed by atoms with Crippen molar-refractivity contribution in [1.82, 2.24) is 24.1 Å². The first-order chi connectivity index (χ1) is 16.6. The lowest BCUT2D eigenvalue weighted by Crippen LogP contribution is -2.51. The van der Waals surface area contributed by atoms with Gasteiger partial charge in [-0.25, -0.2) is 9.59 Å². The highest BCUT2D eigenvalue weighted by Gasteiger charge is 2.37. The third-order valence-electron chi connectivity index (χ3n) is 6.51. The molecular weight excluding hydrogens is 456 g/mol. The van der Waals surface area contributed by atoms with Gasteiger partial charge in [0, 0.05) is 26.2 Å². The van der Waals surface area contributed by atoms with Gasteiger partial charge in [0.05, 0.1) is 18.9 Å². The molecule has 0 aromatic carbocycles. The Balaban J connectivity index is 1.52. The normalized spacial score (nSPS) is 20.7. The van der Waals surface area contributed by atoms with Crippen LogP contribution in [-0.2, 0) is 20.7 Å². The first-order valence-corrected chi connectivity index (χ1v) is 11.9. The molecule has 12 heteroatoms. The Hall–Kier alpha value is -3.41. The predicted molar refractivity (Wildman–Crippen MR) is 126 cm³/mol. The van der Waals surface area contributed by atoms with Crippen molar-refractivity contribution >= 4 is 29.1 Å². The maximum atomic E-state index is 13.7. The number of hydrogen-bond donors (Lipinski definition) is 1. The fourth-order valence-corrected chi connectivity index (χ4v) is 4.88. The van der Waals surface area contributed by atoms with Crippen LogP contribution in [0.5, 0.6) is 0 Å². The summed E-state index contributed by atoms with van der Waals surface area (Å²) in [7, 11) is 0. The molecule has 0 aliphatic carbocycles. The average Bonchev–Trinajstić information content (AvgIpc) is 3.44. The van der Waals surface area contributed by atoms with E-state index >= 15 is 0 Å². The quantitative estimate of drug-likeness (QED) is 0.682. The largest absolute Gasteiger partial charge is 0.480 e. The zero-order valence-electron chi connectivity index (χ0n) is 20.2. The van der Waals surface area contributed by atoms with E-state index < -0.39 is 17.6 Å². The second-order valence-electron chi connectivity index (χ2n) is 10.0. The molecule has 0 bridgehead atoms. The van der Waals surface area contributed by atoms with Crippen molar-refractivity contribution in [3.05, 3.63) is 27.9 Å². The second kappa shape index (κ2) is 8.67. The zero-order valence-corrected chi connectivity index (χ0v) is 20.2. The monoisotopic (exact) mass is 486 g/mol. The Morgan fingerprint density at radius 1 is 1.17 bits per heavy atom. The summed E-state index contributed by atoms with van der Waals surface area (Å²) >= 11 is 0. The van der Waals surface area contributed by atoms with Crippen LogP contribution in [-0.4, -0.2) is 86.2 Å². The van der Waals surface area contributed by atoms with E-state index in [1.165, 1.54) is 4.52 Å². The molecule has 5 rings (SSSR count). The Morgan fingerprint density at radius 3 is 2.54 bits per heavy atom. The number of carboxylic acid groups (broad SMARTS) is 1. The van der Waals surface area contributed by atoms with Crippen LogP contribution < -0.4 is 10.5 Å². The van der Waals surface area contributed by atoms with Gasteiger partial charge in [-0.05, 0) is 45.6 Å². The van der Waals surface area contributed by atoms with Crippen molar-refractivity contribution in [3.63, 3.8) is 0 Å². The summed E-state index contributed by atoms with van der Waals surface area (Å²) in [6.45, 7) is 8.09. The summed E-state index contributed by atoms with van der Waals surface area (Å²) in [6, 6.07) is -0.823. The Bertz CT molecular complexity index is 1260. The molecule has 1 amide bonds. The lowest BCUT2D eigenvalue weighted by Gasteiger charge is -2.37. The number of fused-ring (bicyclic) bond motifs is 3. The maximum absolute atomic E-state index is 13.7. The fraction of sp³-hybridized carbons (Fsp3) is 0.609. The van der Waals surface area contributed by atoms with Crippen LogP contribution in [0.1, 0.15) is 51.2 Å². The van der Waals surface area contributed by atoms with Crippen molar-refractivity contribution in [2.45, 2.75) is 51.7 Å². The lowest BCUT2D eigenvalue weighted by atomic mass is 10.1. The van der Waals surface area contributed by atoms with Gasteiger partial charge in [-0.2, -0.15) is 9.50 Å². The zero-order chi connectivity index (χ0) is 24.9. The molecule has 1 unspecified atom stereocenters. The Kier molecular flexibility index (Phi) is 5.78. The van der Waals surface area contributed by atoms with Gasteiger partial charge in [0.2, 0.25) is 5.78 Å². The molecule has 0 spiro atoms. The number of anilines is 1. The molecule has 2 aromatic heterocycles. The van der Waals surface area contributed by atoms with Crippen molar-refractivity contribution in [2.24, 2.45) is 0 Å². The van der Waals surface area contributed by atoms with Crippen LogP contribution in [0.25, 0.3) is 11.4 Å². The van der Waals surface area contributed by atoms with Gasteiger partial charge < -0.3 is 24.4 Å². The highest BCUT2D eigenvalue weighted by atomic mass is 16.6. The molecule has 5 heterocycles. The van der Waals surface area contributed by atoms with Gasteiger partial charge in [0.25, 0.3) is 5.56 Å². The number of carbonyl (C=O) groups is 2. The van der Waals surface area contributed by atoms with Crippen molar-refractivity contribution in [2.75, 3.05) is 44.3 Å². The molecule has 12 nitrogen and oxygen atoms in total. The molecule has 188 valence electrons. The number of nitrogens with zero attached hydrogens (tertiary/aromatic N) is 6. The number of carboxylic acids is 1. The van der Waals surface area contributed by atoms with Gasteiger partial charge in [-0.3, -0.25) is 9.36 Å². The minimum Gasteiger partial charge on any atom is -0.480 e. The van der Waals surface area contributed by atoms with Gasteiger partial charge >= 0.3 is 12.1 Å². The van der Waals surface area contributed by atoms with E-state index in [0.717, 1.165) is 5.57 Å². The molecule has 2 aromatic rings. The van der Waals surface area contributed by atoms with E-state index in [9.17, 15) is 19.5 Å². The van der Waals surface area contributed by atoms with Crippen molar-refractivity contribution in [1.29, 1.82) is 0 Å². The molecule has 3 aliphatic heterocycles. The topological polar surface area (TPSA) is 131 Å². The van der Waals surface area contributed by atoms with Crippen LogP contribution in [0.3, 0.4) is 0 Å². The molecule has 35 heavy (non-hydrogen) atoms. The molecule has 3 aliphatic rings. The molecule has 1 atom stereocenters. The van der Waals surface area contributed by atoms with Crippen LogP contribution >= 0.6 is 0 Å². The number of hydrogen-bond acceptors (Lipinski definition) is 8. The van der Waals surface area contributed by atoms with E-state index in [1.54, 1.807) is 9.47 Å². The third-order valence-corrected chi connectivity index (χ3v) is 6.51. The van der Waals surface area contributed by atoms with Crippen molar-refractivity contribution in [3.8, 4) is 0 Å². The molecule has 1 saturated heterocycles. The van der Waals surface area contributed by atoms with Gasteiger partial charge in [0.15, 0.2) is 5.82 Å². The SMILES string of the molecule is CC(C)(C)OC(=O)N1CCN(c2c3n(c4nc(C5=CCOCC5)nn4c2=O)C(C(=O)O)CC3)CC1. The van der Waals surface area contributed by atoms with Crippen LogP contribution in [0, 0.1) is 0 Å². The smallest absolute Gasteiger partial charge is 0.410 e. The minimum atomic E-state index is -0.968. The number of aliphatic carboxylic acids is 1. The summed E-state index contributed by atoms with van der Waals surface area (Å²) in [5.74, 6) is -0.304. The maximum Gasteiger partial charge on any atom is 0.410 e. The number of piperazine rings is 1. The number of rotatable bonds is 3.